The second-order valence-electron chi connectivity index (χ2n) is 6.18. The Morgan fingerprint density at radius 3 is 2.81 bits per heavy atom. The fourth-order valence-electron chi connectivity index (χ4n) is 2.47. The largest absolute Gasteiger partial charge is 0.493 e. The third-order valence-corrected chi connectivity index (χ3v) is 4.12. The van der Waals surface area contributed by atoms with Crippen LogP contribution in [0.2, 0.25) is 0 Å². The van der Waals surface area contributed by atoms with Crippen molar-refractivity contribution in [1.29, 1.82) is 0 Å². The van der Waals surface area contributed by atoms with Gasteiger partial charge in [-0.05, 0) is 43.2 Å². The number of benzene rings is 1. The maximum absolute atomic E-state index is 5.88. The van der Waals surface area contributed by atoms with Crippen LogP contribution in [0.25, 0.3) is 11.4 Å². The third-order valence-electron chi connectivity index (χ3n) is 4.12. The van der Waals surface area contributed by atoms with Gasteiger partial charge in [-0.2, -0.15) is 4.98 Å². The van der Waals surface area contributed by atoms with E-state index in [1.807, 2.05) is 37.3 Å². The summed E-state index contributed by atoms with van der Waals surface area (Å²) >= 11 is 0. The lowest BCUT2D eigenvalue weighted by Crippen LogP contribution is -2.14. The van der Waals surface area contributed by atoms with Gasteiger partial charge in [0.25, 0.3) is 0 Å². The molecule has 7 heteroatoms. The van der Waals surface area contributed by atoms with Gasteiger partial charge in [0, 0.05) is 24.5 Å². The van der Waals surface area contributed by atoms with Gasteiger partial charge in [0.2, 0.25) is 11.7 Å². The molecule has 0 fully saturated rings. The molecule has 0 aliphatic carbocycles. The molecule has 2 heterocycles. The molecule has 142 valence electrons. The Morgan fingerprint density at radius 2 is 2.07 bits per heavy atom. The average Bonchev–Trinajstić information content (AvgIpc) is 3.18. The minimum Gasteiger partial charge on any atom is -0.493 e. The van der Waals surface area contributed by atoms with Crippen LogP contribution in [0.1, 0.15) is 31.7 Å². The van der Waals surface area contributed by atoms with Crippen molar-refractivity contribution in [3.05, 3.63) is 54.2 Å². The minimum absolute atomic E-state index is 0.148. The highest BCUT2D eigenvalue weighted by atomic mass is 16.5. The second-order valence-corrected chi connectivity index (χ2v) is 6.18. The molecule has 3 aromatic rings. The van der Waals surface area contributed by atoms with E-state index in [9.17, 15) is 0 Å². The molecule has 1 aromatic carbocycles. The Labute approximate surface area is 158 Å². The van der Waals surface area contributed by atoms with Crippen molar-refractivity contribution in [2.24, 2.45) is 0 Å². The van der Waals surface area contributed by atoms with Crippen LogP contribution in [-0.4, -0.2) is 28.3 Å². The number of aromatic nitrogens is 3. The molecule has 0 unspecified atom stereocenters. The monoisotopic (exact) mass is 368 g/mol. The van der Waals surface area contributed by atoms with Crippen LogP contribution in [0.5, 0.6) is 11.5 Å². The topological polar surface area (TPSA) is 82.3 Å². The summed E-state index contributed by atoms with van der Waals surface area (Å²) < 4.78 is 16.6. The maximum Gasteiger partial charge on any atom is 0.240 e. The van der Waals surface area contributed by atoms with Crippen molar-refractivity contribution in [2.75, 3.05) is 7.11 Å². The van der Waals surface area contributed by atoms with E-state index in [2.05, 4.69) is 27.4 Å². The van der Waals surface area contributed by atoms with Crippen LogP contribution >= 0.6 is 0 Å². The zero-order chi connectivity index (χ0) is 19.1. The Hall–Kier alpha value is -2.93. The Balaban J connectivity index is 1.57. The Morgan fingerprint density at radius 1 is 1.19 bits per heavy atom. The summed E-state index contributed by atoms with van der Waals surface area (Å²) in [6.45, 7) is 5.25. The van der Waals surface area contributed by atoms with E-state index >= 15 is 0 Å². The summed E-state index contributed by atoms with van der Waals surface area (Å²) in [7, 11) is 1.65. The van der Waals surface area contributed by atoms with Gasteiger partial charge in [0.1, 0.15) is 0 Å². The lowest BCUT2D eigenvalue weighted by molar-refractivity contribution is 0.207. The molecule has 0 saturated carbocycles. The number of nitrogens with zero attached hydrogens (tertiary/aromatic N) is 3. The van der Waals surface area contributed by atoms with Gasteiger partial charge in [-0.25, -0.2) is 0 Å². The Bertz CT molecular complexity index is 851. The van der Waals surface area contributed by atoms with E-state index in [1.54, 1.807) is 19.5 Å². The molecule has 1 N–H and O–H groups in total. The molecule has 0 amide bonds. The zero-order valence-electron chi connectivity index (χ0n) is 15.8. The lowest BCUT2D eigenvalue weighted by atomic mass is 10.2. The number of ether oxygens (including phenoxy) is 2. The maximum atomic E-state index is 5.88. The number of methoxy groups -OCH3 is 1. The van der Waals surface area contributed by atoms with Gasteiger partial charge in [0.05, 0.1) is 19.8 Å². The molecule has 0 bridgehead atoms. The number of rotatable bonds is 9. The van der Waals surface area contributed by atoms with Gasteiger partial charge in [-0.3, -0.25) is 4.98 Å². The van der Waals surface area contributed by atoms with Crippen LogP contribution in [0, 0.1) is 0 Å². The van der Waals surface area contributed by atoms with Crippen LogP contribution in [0.15, 0.2) is 47.2 Å². The van der Waals surface area contributed by atoms with Gasteiger partial charge in [-0.15, -0.1) is 0 Å². The number of pyridine rings is 1. The van der Waals surface area contributed by atoms with E-state index in [0.29, 0.717) is 24.8 Å². The van der Waals surface area contributed by atoms with Crippen molar-refractivity contribution in [2.45, 2.75) is 39.5 Å². The molecule has 1 atom stereocenters. The fraction of sp³-hybridized carbons (Fsp3) is 0.350. The van der Waals surface area contributed by atoms with Crippen LogP contribution < -0.4 is 14.8 Å². The first-order chi connectivity index (χ1) is 13.2. The summed E-state index contributed by atoms with van der Waals surface area (Å²) in [6.07, 6.45) is 4.50. The predicted octanol–water partition coefficient (Wildman–Crippen LogP) is 3.61. The van der Waals surface area contributed by atoms with Crippen LogP contribution in [-0.2, 0) is 13.1 Å². The Kier molecular flexibility index (Phi) is 6.38. The highest BCUT2D eigenvalue weighted by Crippen LogP contribution is 2.29. The summed E-state index contributed by atoms with van der Waals surface area (Å²) in [4.78, 5) is 8.44. The fourth-order valence-corrected chi connectivity index (χ4v) is 2.47. The molecule has 0 aliphatic rings. The average molecular weight is 368 g/mol. The standard InChI is InChI=1S/C20H24N4O3/c1-4-14(2)26-17-8-7-15(10-18(17)25-3)11-22-13-19-23-20(24-27-19)16-6-5-9-21-12-16/h5-10,12,14,22H,4,11,13H2,1-3H3/t14-/m1/s1. The first-order valence-electron chi connectivity index (χ1n) is 8.97. The first kappa shape index (κ1) is 18.8. The molecule has 0 spiro atoms. The van der Waals surface area contributed by atoms with Gasteiger partial charge < -0.3 is 19.3 Å². The highest BCUT2D eigenvalue weighted by molar-refractivity contribution is 5.51. The summed E-state index contributed by atoms with van der Waals surface area (Å²) in [5.41, 5.74) is 1.91. The van der Waals surface area contributed by atoms with Crippen molar-refractivity contribution >= 4 is 0 Å². The molecule has 2 aromatic heterocycles. The van der Waals surface area contributed by atoms with Gasteiger partial charge in [0.15, 0.2) is 11.5 Å². The van der Waals surface area contributed by atoms with Crippen molar-refractivity contribution in [3.8, 4) is 22.9 Å². The van der Waals surface area contributed by atoms with Crippen LogP contribution in [0.3, 0.4) is 0 Å². The molecular formula is C20H24N4O3. The van der Waals surface area contributed by atoms with E-state index in [0.717, 1.165) is 29.0 Å². The van der Waals surface area contributed by atoms with E-state index < -0.39 is 0 Å². The van der Waals surface area contributed by atoms with Crippen LogP contribution in [0.4, 0.5) is 0 Å². The molecule has 3 rings (SSSR count). The van der Waals surface area contributed by atoms with Gasteiger partial charge >= 0.3 is 0 Å². The quantitative estimate of drug-likeness (QED) is 0.618. The second kappa shape index (κ2) is 9.14. The SMILES string of the molecule is CC[C@@H](C)Oc1ccc(CNCc2nc(-c3cccnc3)no2)cc1OC. The summed E-state index contributed by atoms with van der Waals surface area (Å²) in [5.74, 6) is 2.55. The van der Waals surface area contributed by atoms with Gasteiger partial charge in [-0.1, -0.05) is 18.1 Å². The molecule has 7 nitrogen and oxygen atoms in total. The van der Waals surface area contributed by atoms with Crippen molar-refractivity contribution in [3.63, 3.8) is 0 Å². The highest BCUT2D eigenvalue weighted by Gasteiger charge is 2.10. The first-order valence-corrected chi connectivity index (χ1v) is 8.97. The third kappa shape index (κ3) is 5.04. The number of hydrogen-bond acceptors (Lipinski definition) is 7. The molecule has 0 saturated heterocycles. The summed E-state index contributed by atoms with van der Waals surface area (Å²) in [5, 5.41) is 7.28. The van der Waals surface area contributed by atoms with E-state index in [4.69, 9.17) is 14.0 Å². The number of hydrogen-bond donors (Lipinski definition) is 1. The summed E-state index contributed by atoms with van der Waals surface area (Å²) in [6, 6.07) is 9.66. The molecular weight excluding hydrogens is 344 g/mol. The molecule has 0 radical (unpaired) electrons. The van der Waals surface area contributed by atoms with Crippen molar-refractivity contribution < 1.29 is 14.0 Å². The van der Waals surface area contributed by atoms with Crippen molar-refractivity contribution in [1.82, 2.24) is 20.4 Å². The molecule has 27 heavy (non-hydrogen) atoms. The lowest BCUT2D eigenvalue weighted by Gasteiger charge is -2.16. The van der Waals surface area contributed by atoms with E-state index in [-0.39, 0.29) is 6.10 Å². The van der Waals surface area contributed by atoms with E-state index in [1.165, 1.54) is 0 Å². The zero-order valence-corrected chi connectivity index (χ0v) is 15.8. The predicted molar refractivity (Wildman–Crippen MR) is 101 cm³/mol. The normalized spacial score (nSPS) is 12.0. The smallest absolute Gasteiger partial charge is 0.240 e. The molecule has 0 aliphatic heterocycles. The minimum atomic E-state index is 0.148. The number of nitrogens with one attached hydrogen (secondary N) is 1.